The fraction of sp³-hybridized carbons (Fsp3) is 0.613. The molecule has 2 aliphatic rings. The van der Waals surface area contributed by atoms with Crippen molar-refractivity contribution in [2.24, 2.45) is 5.92 Å². The van der Waals surface area contributed by atoms with Crippen LogP contribution < -0.4 is 5.32 Å². The highest BCUT2D eigenvalue weighted by atomic mass is 35.5. The number of piperidine rings is 1. The van der Waals surface area contributed by atoms with Crippen LogP contribution >= 0.6 is 11.6 Å². The molecular weight excluding hydrogens is 526 g/mol. The molecule has 4 rings (SSSR count). The Hall–Kier alpha value is -2.39. The molecule has 0 radical (unpaired) electrons. The molecule has 4 heterocycles. The van der Waals surface area contributed by atoms with Gasteiger partial charge >= 0.3 is 0 Å². The molecule has 2 aliphatic heterocycles. The summed E-state index contributed by atoms with van der Waals surface area (Å²) in [7, 11) is 2.22. The van der Waals surface area contributed by atoms with Gasteiger partial charge in [-0.15, -0.1) is 0 Å². The molecule has 40 heavy (non-hydrogen) atoms. The van der Waals surface area contributed by atoms with Crippen molar-refractivity contribution in [1.82, 2.24) is 25.1 Å². The predicted octanol–water partition coefficient (Wildman–Crippen LogP) is 4.77. The van der Waals surface area contributed by atoms with Crippen molar-refractivity contribution in [3.8, 4) is 0 Å². The second-order valence-corrected chi connectivity index (χ2v) is 11.6. The van der Waals surface area contributed by atoms with Crippen molar-refractivity contribution in [2.75, 3.05) is 39.9 Å². The van der Waals surface area contributed by atoms with E-state index in [0.29, 0.717) is 35.0 Å². The topological polar surface area (TPSA) is 87.7 Å². The summed E-state index contributed by atoms with van der Waals surface area (Å²) >= 11 is 5.98. The smallest absolute Gasteiger partial charge is 0.253 e. The number of nitrogens with one attached hydrogen (secondary N) is 1. The van der Waals surface area contributed by atoms with Gasteiger partial charge in [-0.1, -0.05) is 11.6 Å². The first-order valence-electron chi connectivity index (χ1n) is 14.5. The van der Waals surface area contributed by atoms with Crippen molar-refractivity contribution >= 4 is 23.8 Å². The molecule has 1 N–H and O–H groups in total. The lowest BCUT2D eigenvalue weighted by molar-refractivity contribution is -0.113. The van der Waals surface area contributed by atoms with E-state index in [0.717, 1.165) is 64.0 Å². The lowest BCUT2D eigenvalue weighted by Crippen LogP contribution is -2.47. The summed E-state index contributed by atoms with van der Waals surface area (Å²) in [5, 5.41) is 3.49. The van der Waals surface area contributed by atoms with E-state index < -0.39 is 0 Å². The molecule has 1 amide bonds. The van der Waals surface area contributed by atoms with Crippen LogP contribution in [-0.2, 0) is 16.1 Å². The highest BCUT2D eigenvalue weighted by Gasteiger charge is 2.25. The summed E-state index contributed by atoms with van der Waals surface area (Å²) in [6.45, 7) is 13.5. The Morgan fingerprint density at radius 1 is 1.20 bits per heavy atom. The fourth-order valence-corrected chi connectivity index (χ4v) is 5.76. The summed E-state index contributed by atoms with van der Waals surface area (Å²) < 4.78 is 5.04. The number of amides is 1. The number of aryl methyl sites for hydroxylation is 3. The number of pyridine rings is 2. The Morgan fingerprint density at radius 2 is 1.90 bits per heavy atom. The lowest BCUT2D eigenvalue weighted by Gasteiger charge is -2.39. The average Bonchev–Trinajstić information content (AvgIpc) is 2.94. The van der Waals surface area contributed by atoms with Crippen molar-refractivity contribution < 1.29 is 14.3 Å². The van der Waals surface area contributed by atoms with Crippen molar-refractivity contribution in [1.29, 1.82) is 0 Å². The monoisotopic (exact) mass is 571 g/mol. The maximum Gasteiger partial charge on any atom is 0.253 e. The highest BCUT2D eigenvalue weighted by Crippen LogP contribution is 2.21. The first-order valence-corrected chi connectivity index (χ1v) is 14.9. The molecule has 0 aromatic carbocycles. The van der Waals surface area contributed by atoms with Crippen LogP contribution in [0.2, 0.25) is 5.15 Å². The van der Waals surface area contributed by atoms with E-state index in [4.69, 9.17) is 16.3 Å². The number of nitrogens with zero attached hydrogens (tertiary/aromatic N) is 4. The van der Waals surface area contributed by atoms with Crippen molar-refractivity contribution in [3.63, 3.8) is 0 Å². The molecule has 2 aromatic rings. The van der Waals surface area contributed by atoms with E-state index in [2.05, 4.69) is 52.0 Å². The van der Waals surface area contributed by atoms with Crippen LogP contribution in [0.1, 0.15) is 71.8 Å². The van der Waals surface area contributed by atoms with E-state index in [1.54, 1.807) is 6.07 Å². The van der Waals surface area contributed by atoms with Gasteiger partial charge in [-0.3, -0.25) is 14.7 Å². The number of hydrogen-bond acceptors (Lipinski definition) is 7. The van der Waals surface area contributed by atoms with Crippen LogP contribution in [0.25, 0.3) is 0 Å². The van der Waals surface area contributed by atoms with Gasteiger partial charge in [-0.2, -0.15) is 0 Å². The van der Waals surface area contributed by atoms with Crippen LogP contribution in [0, 0.1) is 26.7 Å². The van der Waals surface area contributed by atoms with Gasteiger partial charge in [-0.05, 0) is 109 Å². The maximum absolute atomic E-state index is 12.6. The minimum Gasteiger partial charge on any atom is -0.381 e. The number of carbonyl (C=O) groups excluding carboxylic acids is 2. The van der Waals surface area contributed by atoms with Gasteiger partial charge < -0.3 is 19.7 Å². The maximum atomic E-state index is 12.6. The standard InChI is InChI=1S/C25H36ClN5O.C6H10O2/c1-17-6-10-27-15-21(17)16-30(5)22-8-12-31(13-9-22)19(3)7-11-28-25(32)24-18(2)14-23(26)29-20(24)4;7-5-6-1-3-8-4-2-6/h6,10,14-15,19,22H,7-9,11-13,16H2,1-5H3,(H,28,32);5-6H,1-4H2. The quantitative estimate of drug-likeness (QED) is 0.342. The molecule has 2 saturated heterocycles. The fourth-order valence-electron chi connectivity index (χ4n) is 5.47. The Bertz CT molecular complexity index is 1080. The molecule has 220 valence electrons. The summed E-state index contributed by atoms with van der Waals surface area (Å²) in [4.78, 5) is 36.2. The molecule has 0 bridgehead atoms. The number of hydrogen-bond donors (Lipinski definition) is 1. The van der Waals surface area contributed by atoms with E-state index >= 15 is 0 Å². The number of aromatic nitrogens is 2. The number of aldehydes is 1. The molecule has 1 unspecified atom stereocenters. The van der Waals surface area contributed by atoms with Gasteiger partial charge in [0.1, 0.15) is 11.4 Å². The van der Waals surface area contributed by atoms with E-state index in [1.165, 1.54) is 24.0 Å². The first kappa shape index (κ1) is 32.1. The number of likely N-dealkylation sites (tertiary alicyclic amines) is 1. The summed E-state index contributed by atoms with van der Waals surface area (Å²) in [5.74, 6) is 0.214. The number of halogens is 1. The molecule has 1 atom stereocenters. The van der Waals surface area contributed by atoms with Crippen LogP contribution in [0.3, 0.4) is 0 Å². The second kappa shape index (κ2) is 16.2. The molecule has 0 saturated carbocycles. The third kappa shape index (κ3) is 9.61. The number of rotatable bonds is 9. The van der Waals surface area contributed by atoms with Crippen molar-refractivity contribution in [3.05, 3.63) is 57.6 Å². The summed E-state index contributed by atoms with van der Waals surface area (Å²) in [5.41, 5.74) is 4.78. The minimum atomic E-state index is -0.0672. The van der Waals surface area contributed by atoms with Gasteiger partial charge in [0.15, 0.2) is 0 Å². The zero-order chi connectivity index (χ0) is 29.1. The Morgan fingerprint density at radius 3 is 2.50 bits per heavy atom. The van der Waals surface area contributed by atoms with Crippen LogP contribution in [-0.4, -0.2) is 83.9 Å². The third-order valence-electron chi connectivity index (χ3n) is 8.21. The van der Waals surface area contributed by atoms with Crippen LogP contribution in [0.4, 0.5) is 0 Å². The zero-order valence-electron chi connectivity index (χ0n) is 24.8. The molecule has 8 nitrogen and oxygen atoms in total. The molecule has 0 spiro atoms. The second-order valence-electron chi connectivity index (χ2n) is 11.2. The number of carbonyl (C=O) groups is 2. The van der Waals surface area contributed by atoms with Crippen LogP contribution in [0.15, 0.2) is 24.5 Å². The van der Waals surface area contributed by atoms with Gasteiger partial charge in [0.25, 0.3) is 5.91 Å². The average molecular weight is 572 g/mol. The number of ether oxygens (including phenoxy) is 1. The van der Waals surface area contributed by atoms with Gasteiger partial charge in [0.05, 0.1) is 11.3 Å². The normalized spacial score (nSPS) is 17.7. The SMILES string of the molecule is Cc1ccncc1CN(C)C1CCN(C(C)CCNC(=O)c2c(C)cc(Cl)nc2C)CC1.O=CC1CCOCC1. The van der Waals surface area contributed by atoms with E-state index in [9.17, 15) is 9.59 Å². The zero-order valence-corrected chi connectivity index (χ0v) is 25.5. The molecule has 2 aromatic heterocycles. The van der Waals surface area contributed by atoms with E-state index in [-0.39, 0.29) is 11.8 Å². The summed E-state index contributed by atoms with van der Waals surface area (Å²) in [6.07, 6.45) is 9.98. The third-order valence-corrected chi connectivity index (χ3v) is 8.41. The van der Waals surface area contributed by atoms with Crippen molar-refractivity contribution in [2.45, 2.75) is 78.4 Å². The predicted molar refractivity (Wildman–Crippen MR) is 160 cm³/mol. The Kier molecular flexibility index (Phi) is 13.0. The lowest BCUT2D eigenvalue weighted by atomic mass is 10.0. The molecular formula is C31H46ClN5O3. The van der Waals surface area contributed by atoms with Gasteiger partial charge in [-0.25, -0.2) is 4.98 Å². The summed E-state index contributed by atoms with van der Waals surface area (Å²) in [6, 6.07) is 4.86. The van der Waals surface area contributed by atoms with Gasteiger partial charge in [0, 0.05) is 56.7 Å². The molecule has 0 aliphatic carbocycles. The molecule has 2 fully saturated rings. The van der Waals surface area contributed by atoms with E-state index in [1.807, 2.05) is 26.2 Å². The minimum absolute atomic E-state index is 0.0672. The Labute approximate surface area is 244 Å². The first-order chi connectivity index (χ1) is 19.2. The highest BCUT2D eigenvalue weighted by molar-refractivity contribution is 6.29. The Balaban J connectivity index is 0.000000472. The van der Waals surface area contributed by atoms with Gasteiger partial charge in [0.2, 0.25) is 0 Å². The molecule has 9 heteroatoms. The van der Waals surface area contributed by atoms with Crippen LogP contribution in [0.5, 0.6) is 0 Å². The largest absolute Gasteiger partial charge is 0.381 e.